The number of nitrogens with two attached hydrogens (primary N) is 1. The van der Waals surface area contributed by atoms with Crippen molar-refractivity contribution in [3.63, 3.8) is 0 Å². The smallest absolute Gasteiger partial charge is 0.275 e. The molecule has 1 atom stereocenters. The molecule has 2 heterocycles. The monoisotopic (exact) mass is 527 g/mol. The van der Waals surface area contributed by atoms with Gasteiger partial charge in [-0.15, -0.1) is 17.3 Å². The van der Waals surface area contributed by atoms with Crippen LogP contribution in [0.1, 0.15) is 22.0 Å². The Morgan fingerprint density at radius 1 is 1.14 bits per heavy atom. The van der Waals surface area contributed by atoms with Crippen molar-refractivity contribution in [2.24, 2.45) is 4.99 Å². The van der Waals surface area contributed by atoms with Crippen LogP contribution in [-0.2, 0) is 4.79 Å². The van der Waals surface area contributed by atoms with E-state index in [1.807, 2.05) is 24.5 Å². The van der Waals surface area contributed by atoms with E-state index in [1.165, 1.54) is 21.3 Å². The molecule has 0 saturated carbocycles. The summed E-state index contributed by atoms with van der Waals surface area (Å²) in [5.41, 5.74) is 7.41. The number of benzene rings is 2. The van der Waals surface area contributed by atoms with Gasteiger partial charge in [-0.25, -0.2) is 10.4 Å². The number of nitrogens with zero attached hydrogens (tertiary/aromatic N) is 2. The van der Waals surface area contributed by atoms with Gasteiger partial charge in [-0.3, -0.25) is 14.6 Å². The van der Waals surface area contributed by atoms with Crippen molar-refractivity contribution in [2.75, 3.05) is 47.2 Å². The van der Waals surface area contributed by atoms with E-state index in [4.69, 9.17) is 14.2 Å². The minimum absolute atomic E-state index is 0.230. The quantitative estimate of drug-likeness (QED) is 0.234. The van der Waals surface area contributed by atoms with Gasteiger partial charge in [0.05, 0.1) is 57.9 Å². The highest BCUT2D eigenvalue weighted by atomic mass is 32.2. The molecule has 0 fully saturated rings. The molecule has 12 heteroatoms. The average molecular weight is 528 g/mol. The Morgan fingerprint density at radius 2 is 1.92 bits per heavy atom. The maximum Gasteiger partial charge on any atom is 0.275 e. The van der Waals surface area contributed by atoms with Crippen LogP contribution in [0.25, 0.3) is 0 Å². The molecule has 2 aromatic carbocycles. The number of hydrogen-bond acceptors (Lipinski definition) is 9. The summed E-state index contributed by atoms with van der Waals surface area (Å²) in [5, 5.41) is 7.75. The number of thioether (sulfide) groups is 1. The highest BCUT2D eigenvalue weighted by molar-refractivity contribution is 7.98. The van der Waals surface area contributed by atoms with Crippen molar-refractivity contribution in [3.8, 4) is 17.2 Å². The van der Waals surface area contributed by atoms with Crippen LogP contribution in [0.15, 0.2) is 58.2 Å². The summed E-state index contributed by atoms with van der Waals surface area (Å²) in [6.45, 7) is 1.45. The second-order valence-electron chi connectivity index (χ2n) is 8.18. The van der Waals surface area contributed by atoms with Crippen molar-refractivity contribution >= 4 is 29.3 Å². The van der Waals surface area contributed by atoms with Gasteiger partial charge in [0.1, 0.15) is 0 Å². The fourth-order valence-electron chi connectivity index (χ4n) is 3.94. The van der Waals surface area contributed by atoms with E-state index in [0.717, 1.165) is 16.2 Å². The number of ether oxygens (including phenoxy) is 3. The van der Waals surface area contributed by atoms with E-state index in [0.29, 0.717) is 48.1 Å². The number of rotatable bonds is 12. The molecule has 37 heavy (non-hydrogen) atoms. The first-order chi connectivity index (χ1) is 18.0. The Morgan fingerprint density at radius 3 is 2.59 bits per heavy atom. The molecule has 0 radical (unpaired) electrons. The molecule has 0 spiro atoms. The minimum atomic E-state index is -0.313. The second kappa shape index (κ2) is 11.9. The lowest BCUT2D eigenvalue weighted by molar-refractivity contribution is -0.822. The summed E-state index contributed by atoms with van der Waals surface area (Å²) in [6, 6.07) is 11.1. The summed E-state index contributed by atoms with van der Waals surface area (Å²) in [4.78, 5) is 31.2. The third-order valence-electron chi connectivity index (χ3n) is 5.91. The van der Waals surface area contributed by atoms with Gasteiger partial charge in [0.2, 0.25) is 5.75 Å². The molecule has 5 N–H and O–H groups in total. The third kappa shape index (κ3) is 6.09. The average Bonchev–Trinajstić information content (AvgIpc) is 3.66. The maximum atomic E-state index is 13.0. The molecular weight excluding hydrogens is 496 g/mol. The first kappa shape index (κ1) is 26.2. The Hall–Kier alpha value is -3.90. The zero-order valence-electron chi connectivity index (χ0n) is 21.2. The van der Waals surface area contributed by atoms with Gasteiger partial charge in [-0.1, -0.05) is 12.1 Å². The van der Waals surface area contributed by atoms with Gasteiger partial charge in [0, 0.05) is 11.4 Å². The van der Waals surface area contributed by atoms with Crippen LogP contribution in [-0.4, -0.2) is 69.8 Å². The van der Waals surface area contributed by atoms with Gasteiger partial charge < -0.3 is 24.8 Å². The minimum Gasteiger partial charge on any atom is -0.493 e. The summed E-state index contributed by atoms with van der Waals surface area (Å²) < 4.78 is 16.0. The summed E-state index contributed by atoms with van der Waals surface area (Å²) in [6.07, 6.45) is 3.73. The van der Waals surface area contributed by atoms with E-state index in [1.54, 1.807) is 40.6 Å². The molecule has 2 aliphatic heterocycles. The van der Waals surface area contributed by atoms with Crippen LogP contribution in [0.4, 0.5) is 0 Å². The van der Waals surface area contributed by atoms with E-state index >= 15 is 0 Å². The molecule has 1 unspecified atom stereocenters. The standard InChI is InChI=1S/C25H30N6O5S/c1-34-20-9-8-17(22(35-2)23(20)36-3)24(32)26-10-11-31-14-19(29-30-31)25(33)28-21(18-13-27-18)15-6-5-7-16(12-15)37-4/h5-9,12,14,21,29-30H,10-11,13H2,1-4H3,(H,26,32)(H,28,33)/p+1. The molecule has 2 aromatic rings. The predicted molar refractivity (Wildman–Crippen MR) is 140 cm³/mol. The SMILES string of the molecule is COc1ccc(C(=O)NCCN2C=C(C(=O)NC(C3=NC3)c3cccc(SC)c3)N[NH2+]2)c(OC)c1OC. The molecule has 2 amide bonds. The summed E-state index contributed by atoms with van der Waals surface area (Å²) in [5.74, 6) is 0.575. The Labute approximate surface area is 219 Å². The normalized spacial score (nSPS) is 14.6. The number of nitrogens with one attached hydrogen (secondary N) is 3. The lowest BCUT2D eigenvalue weighted by atomic mass is 10.0. The van der Waals surface area contributed by atoms with E-state index in [2.05, 4.69) is 27.1 Å². The van der Waals surface area contributed by atoms with Crippen molar-refractivity contribution in [2.45, 2.75) is 10.9 Å². The summed E-state index contributed by atoms with van der Waals surface area (Å²) >= 11 is 1.65. The molecule has 0 saturated heterocycles. The van der Waals surface area contributed by atoms with Crippen molar-refractivity contribution in [1.29, 1.82) is 0 Å². The maximum absolute atomic E-state index is 13.0. The zero-order chi connectivity index (χ0) is 26.4. The van der Waals surface area contributed by atoms with Crippen LogP contribution < -0.4 is 35.8 Å². The van der Waals surface area contributed by atoms with Crippen LogP contribution in [0.2, 0.25) is 0 Å². The molecule has 196 valence electrons. The van der Waals surface area contributed by atoms with Gasteiger partial charge >= 0.3 is 0 Å². The molecule has 2 aliphatic rings. The highest BCUT2D eigenvalue weighted by Gasteiger charge is 2.30. The van der Waals surface area contributed by atoms with Crippen molar-refractivity contribution in [3.05, 3.63) is 59.4 Å². The van der Waals surface area contributed by atoms with Gasteiger partial charge in [0.25, 0.3) is 11.8 Å². The molecular formula is C25H31N6O5S+. The number of amides is 2. The van der Waals surface area contributed by atoms with Crippen LogP contribution in [0.3, 0.4) is 0 Å². The van der Waals surface area contributed by atoms with E-state index < -0.39 is 0 Å². The molecule has 0 aliphatic carbocycles. The van der Waals surface area contributed by atoms with Crippen molar-refractivity contribution < 1.29 is 29.3 Å². The number of carbonyl (C=O) groups excluding carboxylic acids is 2. The first-order valence-electron chi connectivity index (χ1n) is 11.6. The van der Waals surface area contributed by atoms with Crippen LogP contribution >= 0.6 is 11.8 Å². The van der Waals surface area contributed by atoms with E-state index in [9.17, 15) is 9.59 Å². The molecule has 11 nitrogen and oxygen atoms in total. The zero-order valence-corrected chi connectivity index (χ0v) is 22.0. The Bertz CT molecular complexity index is 1230. The topological polar surface area (TPSA) is 130 Å². The lowest BCUT2D eigenvalue weighted by Gasteiger charge is -2.16. The third-order valence-corrected chi connectivity index (χ3v) is 6.63. The molecule has 0 bridgehead atoms. The first-order valence-corrected chi connectivity index (χ1v) is 12.8. The fraction of sp³-hybridized carbons (Fsp3) is 0.320. The lowest BCUT2D eigenvalue weighted by Crippen LogP contribution is -2.97. The van der Waals surface area contributed by atoms with Gasteiger partial charge in [-0.05, 0) is 36.1 Å². The largest absolute Gasteiger partial charge is 0.493 e. The Balaban J connectivity index is 1.33. The van der Waals surface area contributed by atoms with Crippen LogP contribution in [0.5, 0.6) is 17.2 Å². The number of quaternary nitrogens is 1. The number of methoxy groups -OCH3 is 3. The molecule has 0 aromatic heterocycles. The van der Waals surface area contributed by atoms with Crippen LogP contribution in [0, 0.1) is 0 Å². The predicted octanol–water partition coefficient (Wildman–Crippen LogP) is 0.616. The number of hydrogen-bond donors (Lipinski definition) is 4. The fourth-order valence-corrected chi connectivity index (χ4v) is 4.41. The van der Waals surface area contributed by atoms with Gasteiger partial charge in [0.15, 0.2) is 17.2 Å². The summed E-state index contributed by atoms with van der Waals surface area (Å²) in [7, 11) is 4.47. The Kier molecular flexibility index (Phi) is 8.41. The number of aliphatic imine (C=N–C) groups is 1. The van der Waals surface area contributed by atoms with Gasteiger partial charge in [-0.2, -0.15) is 0 Å². The van der Waals surface area contributed by atoms with E-state index in [-0.39, 0.29) is 17.9 Å². The molecule has 4 rings (SSSR count). The van der Waals surface area contributed by atoms with Crippen molar-refractivity contribution in [1.82, 2.24) is 21.1 Å². The second-order valence-corrected chi connectivity index (χ2v) is 9.06. The number of carbonyl (C=O) groups is 2. The highest BCUT2D eigenvalue weighted by Crippen LogP contribution is 2.39.